The summed E-state index contributed by atoms with van der Waals surface area (Å²) >= 11 is 0. The summed E-state index contributed by atoms with van der Waals surface area (Å²) in [5.74, 6) is 0.369. The minimum absolute atomic E-state index is 0.369. The molecule has 0 saturated heterocycles. The molecule has 0 amide bonds. The molecule has 58 valence electrons. The van der Waals surface area contributed by atoms with E-state index in [-0.39, 0.29) is 0 Å². The highest BCUT2D eigenvalue weighted by Gasteiger charge is 2.14. The maximum Gasteiger partial charge on any atom is 0.204 e. The molecule has 3 nitrogen and oxygen atoms in total. The number of hydrogen-bond acceptors (Lipinski definition) is 3. The topological polar surface area (TPSA) is 26.7 Å². The van der Waals surface area contributed by atoms with Gasteiger partial charge in [0.05, 0.1) is 12.9 Å². The number of rotatable bonds is 2. The molecule has 0 spiro atoms. The lowest BCUT2D eigenvalue weighted by atomic mass is 10.4. The Morgan fingerprint density at radius 3 is 2.80 bits per heavy atom. The quantitative estimate of drug-likeness (QED) is 0.622. The van der Waals surface area contributed by atoms with E-state index >= 15 is 0 Å². The Hall–Kier alpha value is -0.860. The minimum atomic E-state index is 0.369. The standard InChI is InChI=1S/C7H14N2O/c1-3-4-9-5-7(10)8(2)6-9/h5,10H,3-4,6H2,1-2H3. The zero-order valence-corrected chi connectivity index (χ0v) is 6.54. The summed E-state index contributed by atoms with van der Waals surface area (Å²) < 4.78 is 0. The van der Waals surface area contributed by atoms with Gasteiger partial charge in [-0.05, 0) is 6.42 Å². The average molecular weight is 142 g/mol. The fourth-order valence-corrected chi connectivity index (χ4v) is 1.07. The van der Waals surface area contributed by atoms with Crippen LogP contribution in [0.4, 0.5) is 0 Å². The van der Waals surface area contributed by atoms with Crippen LogP contribution in [-0.2, 0) is 0 Å². The van der Waals surface area contributed by atoms with E-state index in [1.54, 1.807) is 6.20 Å². The summed E-state index contributed by atoms with van der Waals surface area (Å²) in [6, 6.07) is 0. The first-order valence-electron chi connectivity index (χ1n) is 3.60. The molecule has 0 aromatic rings. The van der Waals surface area contributed by atoms with Gasteiger partial charge < -0.3 is 14.9 Å². The monoisotopic (exact) mass is 142 g/mol. The Labute approximate surface area is 61.5 Å². The first-order valence-corrected chi connectivity index (χ1v) is 3.60. The Kier molecular flexibility index (Phi) is 2.04. The highest BCUT2D eigenvalue weighted by atomic mass is 16.3. The van der Waals surface area contributed by atoms with E-state index in [0.29, 0.717) is 5.88 Å². The van der Waals surface area contributed by atoms with Crippen molar-refractivity contribution in [3.63, 3.8) is 0 Å². The van der Waals surface area contributed by atoms with Crippen molar-refractivity contribution < 1.29 is 5.11 Å². The van der Waals surface area contributed by atoms with Gasteiger partial charge in [0.25, 0.3) is 0 Å². The molecule has 0 fully saturated rings. The Balaban J connectivity index is 2.40. The molecule has 0 aromatic heterocycles. The summed E-state index contributed by atoms with van der Waals surface area (Å²) in [5.41, 5.74) is 0. The van der Waals surface area contributed by atoms with Gasteiger partial charge in [0.1, 0.15) is 0 Å². The second-order valence-electron chi connectivity index (χ2n) is 2.64. The second kappa shape index (κ2) is 2.82. The zero-order valence-electron chi connectivity index (χ0n) is 6.54. The van der Waals surface area contributed by atoms with Gasteiger partial charge in [-0.3, -0.25) is 0 Å². The summed E-state index contributed by atoms with van der Waals surface area (Å²) in [4.78, 5) is 3.91. The predicted molar refractivity (Wildman–Crippen MR) is 40.3 cm³/mol. The van der Waals surface area contributed by atoms with Crippen molar-refractivity contribution in [1.82, 2.24) is 9.80 Å². The van der Waals surface area contributed by atoms with Crippen molar-refractivity contribution in [3.8, 4) is 0 Å². The van der Waals surface area contributed by atoms with Crippen LogP contribution in [0.5, 0.6) is 0 Å². The van der Waals surface area contributed by atoms with Gasteiger partial charge in [-0.1, -0.05) is 6.92 Å². The Morgan fingerprint density at radius 2 is 2.40 bits per heavy atom. The van der Waals surface area contributed by atoms with E-state index < -0.39 is 0 Å². The van der Waals surface area contributed by atoms with Crippen molar-refractivity contribution >= 4 is 0 Å². The Morgan fingerprint density at radius 1 is 1.70 bits per heavy atom. The van der Waals surface area contributed by atoms with E-state index in [9.17, 15) is 0 Å². The third-order valence-corrected chi connectivity index (χ3v) is 1.59. The molecule has 0 aliphatic carbocycles. The van der Waals surface area contributed by atoms with Crippen molar-refractivity contribution in [2.24, 2.45) is 0 Å². The molecule has 1 aliphatic rings. The highest BCUT2D eigenvalue weighted by Crippen LogP contribution is 2.09. The van der Waals surface area contributed by atoms with Crippen LogP contribution in [-0.4, -0.2) is 35.2 Å². The van der Waals surface area contributed by atoms with E-state index in [4.69, 9.17) is 5.11 Å². The van der Waals surface area contributed by atoms with E-state index in [0.717, 1.165) is 19.6 Å². The third kappa shape index (κ3) is 1.35. The molecule has 1 rings (SSSR count). The molecular weight excluding hydrogens is 128 g/mol. The first-order chi connectivity index (χ1) is 4.74. The van der Waals surface area contributed by atoms with Crippen LogP contribution in [0.2, 0.25) is 0 Å². The first kappa shape index (κ1) is 7.25. The van der Waals surface area contributed by atoms with Gasteiger partial charge in [-0.2, -0.15) is 0 Å². The summed E-state index contributed by atoms with van der Waals surface area (Å²) in [5, 5.41) is 9.14. The van der Waals surface area contributed by atoms with Crippen LogP contribution < -0.4 is 0 Å². The number of aliphatic hydroxyl groups is 1. The molecule has 10 heavy (non-hydrogen) atoms. The van der Waals surface area contributed by atoms with Gasteiger partial charge >= 0.3 is 0 Å². The van der Waals surface area contributed by atoms with Gasteiger partial charge in [0.15, 0.2) is 0 Å². The maximum absolute atomic E-state index is 9.14. The zero-order chi connectivity index (χ0) is 7.56. The minimum Gasteiger partial charge on any atom is -0.494 e. The molecular formula is C7H14N2O. The number of aliphatic hydroxyl groups excluding tert-OH is 1. The van der Waals surface area contributed by atoms with Crippen LogP contribution >= 0.6 is 0 Å². The molecule has 0 bridgehead atoms. The maximum atomic E-state index is 9.14. The summed E-state index contributed by atoms with van der Waals surface area (Å²) in [6.45, 7) is 3.97. The van der Waals surface area contributed by atoms with Crippen LogP contribution in [0.25, 0.3) is 0 Å². The van der Waals surface area contributed by atoms with Crippen LogP contribution in [0, 0.1) is 0 Å². The lowest BCUT2D eigenvalue weighted by Gasteiger charge is -2.16. The van der Waals surface area contributed by atoms with Gasteiger partial charge in [-0.25, -0.2) is 0 Å². The van der Waals surface area contributed by atoms with Crippen LogP contribution in [0.1, 0.15) is 13.3 Å². The lowest BCUT2D eigenvalue weighted by molar-refractivity contribution is 0.219. The molecule has 0 radical (unpaired) electrons. The molecule has 1 N–H and O–H groups in total. The van der Waals surface area contributed by atoms with Crippen LogP contribution in [0.3, 0.4) is 0 Å². The van der Waals surface area contributed by atoms with Crippen molar-refractivity contribution in [3.05, 3.63) is 12.1 Å². The van der Waals surface area contributed by atoms with Gasteiger partial charge in [0.2, 0.25) is 5.88 Å². The summed E-state index contributed by atoms with van der Waals surface area (Å²) in [6.07, 6.45) is 2.90. The fourth-order valence-electron chi connectivity index (χ4n) is 1.07. The molecule has 0 saturated carbocycles. The van der Waals surface area contributed by atoms with Gasteiger partial charge in [0, 0.05) is 13.6 Å². The molecule has 0 aromatic carbocycles. The predicted octanol–water partition coefficient (Wildman–Crippen LogP) is 0.958. The lowest BCUT2D eigenvalue weighted by Crippen LogP contribution is -2.23. The Bertz CT molecular complexity index is 145. The summed E-state index contributed by atoms with van der Waals surface area (Å²) in [7, 11) is 1.88. The van der Waals surface area contributed by atoms with Crippen molar-refractivity contribution in [2.75, 3.05) is 20.3 Å². The third-order valence-electron chi connectivity index (χ3n) is 1.59. The smallest absolute Gasteiger partial charge is 0.204 e. The van der Waals surface area contributed by atoms with Crippen molar-refractivity contribution in [2.45, 2.75) is 13.3 Å². The largest absolute Gasteiger partial charge is 0.494 e. The molecule has 3 heteroatoms. The average Bonchev–Trinajstić information content (AvgIpc) is 2.14. The van der Waals surface area contributed by atoms with Crippen LogP contribution in [0.15, 0.2) is 12.1 Å². The molecule has 0 unspecified atom stereocenters. The molecule has 1 heterocycles. The van der Waals surface area contributed by atoms with E-state index in [2.05, 4.69) is 11.8 Å². The molecule has 1 aliphatic heterocycles. The second-order valence-corrected chi connectivity index (χ2v) is 2.64. The highest BCUT2D eigenvalue weighted by molar-refractivity contribution is 4.95. The normalized spacial score (nSPS) is 18.0. The fraction of sp³-hybridized carbons (Fsp3) is 0.714. The van der Waals surface area contributed by atoms with E-state index in [1.807, 2.05) is 11.9 Å². The SMILES string of the molecule is CCCN1C=C(O)N(C)C1. The van der Waals surface area contributed by atoms with Crippen molar-refractivity contribution in [1.29, 1.82) is 0 Å². The molecule has 0 atom stereocenters. The van der Waals surface area contributed by atoms with Gasteiger partial charge in [-0.15, -0.1) is 0 Å². The van der Waals surface area contributed by atoms with E-state index in [1.165, 1.54) is 0 Å². The number of nitrogens with zero attached hydrogens (tertiary/aromatic N) is 2. The number of hydrogen-bond donors (Lipinski definition) is 1.